The van der Waals surface area contributed by atoms with E-state index in [1.165, 1.54) is 0 Å². The first-order valence-electron chi connectivity index (χ1n) is 6.11. The Bertz CT molecular complexity index is 405. The summed E-state index contributed by atoms with van der Waals surface area (Å²) >= 11 is 0. The second-order valence-electron chi connectivity index (χ2n) is 4.43. The fourth-order valence-electron chi connectivity index (χ4n) is 2.03. The van der Waals surface area contributed by atoms with Crippen molar-refractivity contribution in [3.8, 4) is 0 Å². The SMILES string of the molecule is COCC(C)Nc1ccc(N2CCNC2=O)cc1. The third-order valence-corrected chi connectivity index (χ3v) is 2.87. The quantitative estimate of drug-likeness (QED) is 0.834. The number of amides is 2. The van der Waals surface area contributed by atoms with Crippen LogP contribution < -0.4 is 15.5 Å². The van der Waals surface area contributed by atoms with Crippen LogP contribution in [-0.2, 0) is 4.74 Å². The minimum Gasteiger partial charge on any atom is -0.383 e. The molecule has 1 aliphatic heterocycles. The highest BCUT2D eigenvalue weighted by Crippen LogP contribution is 2.19. The van der Waals surface area contributed by atoms with Crippen molar-refractivity contribution < 1.29 is 9.53 Å². The second kappa shape index (κ2) is 5.73. The van der Waals surface area contributed by atoms with E-state index in [4.69, 9.17) is 4.74 Å². The van der Waals surface area contributed by atoms with Gasteiger partial charge in [-0.25, -0.2) is 4.79 Å². The van der Waals surface area contributed by atoms with E-state index in [9.17, 15) is 4.79 Å². The fraction of sp³-hybridized carbons (Fsp3) is 0.462. The van der Waals surface area contributed by atoms with Crippen LogP contribution in [0.1, 0.15) is 6.92 Å². The molecule has 2 amide bonds. The van der Waals surface area contributed by atoms with Crippen molar-refractivity contribution in [2.75, 3.05) is 37.0 Å². The molecule has 18 heavy (non-hydrogen) atoms. The van der Waals surface area contributed by atoms with Crippen LogP contribution in [0.3, 0.4) is 0 Å². The molecule has 1 saturated heterocycles. The summed E-state index contributed by atoms with van der Waals surface area (Å²) in [6.45, 7) is 4.16. The number of benzene rings is 1. The molecule has 0 bridgehead atoms. The lowest BCUT2D eigenvalue weighted by Gasteiger charge is -2.17. The topological polar surface area (TPSA) is 53.6 Å². The molecule has 5 heteroatoms. The van der Waals surface area contributed by atoms with Gasteiger partial charge in [0.2, 0.25) is 0 Å². The predicted molar refractivity (Wildman–Crippen MR) is 72.1 cm³/mol. The summed E-state index contributed by atoms with van der Waals surface area (Å²) in [6, 6.07) is 8.10. The van der Waals surface area contributed by atoms with Crippen molar-refractivity contribution >= 4 is 17.4 Å². The maximum absolute atomic E-state index is 11.5. The van der Waals surface area contributed by atoms with Crippen LogP contribution in [-0.4, -0.2) is 38.9 Å². The van der Waals surface area contributed by atoms with Gasteiger partial charge in [0.15, 0.2) is 0 Å². The number of anilines is 2. The molecule has 1 aromatic rings. The third kappa shape index (κ3) is 2.92. The molecule has 5 nitrogen and oxygen atoms in total. The standard InChI is InChI=1S/C13H19N3O2/c1-10(9-18-2)15-11-3-5-12(6-4-11)16-8-7-14-13(16)17/h3-6,10,15H,7-9H2,1-2H3,(H,14,17). The molecule has 0 radical (unpaired) electrons. The molecule has 2 rings (SSSR count). The zero-order valence-electron chi connectivity index (χ0n) is 10.8. The first kappa shape index (κ1) is 12.7. The predicted octanol–water partition coefficient (Wildman–Crippen LogP) is 1.66. The Morgan fingerprint density at radius 3 is 2.72 bits per heavy atom. The highest BCUT2D eigenvalue weighted by Gasteiger charge is 2.20. The van der Waals surface area contributed by atoms with Gasteiger partial charge in [0.25, 0.3) is 0 Å². The summed E-state index contributed by atoms with van der Waals surface area (Å²) in [5.74, 6) is 0. The summed E-state index contributed by atoms with van der Waals surface area (Å²) in [5, 5.41) is 6.11. The molecule has 0 aromatic heterocycles. The molecular formula is C13H19N3O2. The average Bonchev–Trinajstić information content (AvgIpc) is 2.77. The summed E-state index contributed by atoms with van der Waals surface area (Å²) in [4.78, 5) is 13.2. The van der Waals surface area contributed by atoms with Gasteiger partial charge < -0.3 is 15.4 Å². The first-order chi connectivity index (χ1) is 8.70. The maximum Gasteiger partial charge on any atom is 0.321 e. The number of methoxy groups -OCH3 is 1. The number of carbonyl (C=O) groups is 1. The smallest absolute Gasteiger partial charge is 0.321 e. The van der Waals surface area contributed by atoms with Gasteiger partial charge in [-0.2, -0.15) is 0 Å². The summed E-state index contributed by atoms with van der Waals surface area (Å²) < 4.78 is 5.07. The van der Waals surface area contributed by atoms with Crippen LogP contribution >= 0.6 is 0 Å². The normalized spacial score (nSPS) is 16.6. The van der Waals surface area contributed by atoms with Gasteiger partial charge in [0.1, 0.15) is 0 Å². The molecule has 1 heterocycles. The fourth-order valence-corrected chi connectivity index (χ4v) is 2.03. The number of nitrogens with one attached hydrogen (secondary N) is 2. The Balaban J connectivity index is 1.99. The lowest BCUT2D eigenvalue weighted by Crippen LogP contribution is -2.27. The van der Waals surface area contributed by atoms with Gasteiger partial charge in [-0.3, -0.25) is 4.90 Å². The van der Waals surface area contributed by atoms with Crippen molar-refractivity contribution in [3.05, 3.63) is 24.3 Å². The van der Waals surface area contributed by atoms with E-state index in [1.807, 2.05) is 24.3 Å². The first-order valence-corrected chi connectivity index (χ1v) is 6.11. The van der Waals surface area contributed by atoms with Gasteiger partial charge in [-0.1, -0.05) is 0 Å². The van der Waals surface area contributed by atoms with E-state index >= 15 is 0 Å². The molecular weight excluding hydrogens is 230 g/mol. The number of carbonyl (C=O) groups excluding carboxylic acids is 1. The molecule has 1 aromatic carbocycles. The Kier molecular flexibility index (Phi) is 4.04. The number of rotatable bonds is 5. The highest BCUT2D eigenvalue weighted by atomic mass is 16.5. The lowest BCUT2D eigenvalue weighted by atomic mass is 10.2. The Morgan fingerprint density at radius 1 is 1.44 bits per heavy atom. The van der Waals surface area contributed by atoms with E-state index in [0.29, 0.717) is 13.2 Å². The minimum absolute atomic E-state index is 0.0246. The number of nitrogens with zero attached hydrogens (tertiary/aromatic N) is 1. The van der Waals surface area contributed by atoms with Crippen LogP contribution in [0.25, 0.3) is 0 Å². The molecule has 1 aliphatic rings. The number of hydrogen-bond donors (Lipinski definition) is 2. The number of ether oxygens (including phenoxy) is 1. The Labute approximate surface area is 107 Å². The van der Waals surface area contributed by atoms with Gasteiger partial charge in [0.05, 0.1) is 6.61 Å². The second-order valence-corrected chi connectivity index (χ2v) is 4.43. The van der Waals surface area contributed by atoms with Crippen LogP contribution in [0.15, 0.2) is 24.3 Å². The van der Waals surface area contributed by atoms with Crippen molar-refractivity contribution in [1.29, 1.82) is 0 Å². The van der Waals surface area contributed by atoms with Gasteiger partial charge in [0, 0.05) is 37.6 Å². The van der Waals surface area contributed by atoms with E-state index < -0.39 is 0 Å². The summed E-state index contributed by atoms with van der Waals surface area (Å²) in [6.07, 6.45) is 0. The van der Waals surface area contributed by atoms with Gasteiger partial charge in [-0.15, -0.1) is 0 Å². The van der Waals surface area contributed by atoms with Crippen LogP contribution in [0.4, 0.5) is 16.2 Å². The number of urea groups is 1. The summed E-state index contributed by atoms with van der Waals surface area (Å²) in [5.41, 5.74) is 1.96. The van der Waals surface area contributed by atoms with E-state index in [2.05, 4.69) is 17.6 Å². The zero-order chi connectivity index (χ0) is 13.0. The molecule has 1 atom stereocenters. The maximum atomic E-state index is 11.5. The molecule has 98 valence electrons. The Hall–Kier alpha value is -1.75. The molecule has 2 N–H and O–H groups in total. The van der Waals surface area contributed by atoms with Crippen LogP contribution in [0, 0.1) is 0 Å². The minimum atomic E-state index is -0.0246. The average molecular weight is 249 g/mol. The molecule has 0 spiro atoms. The molecule has 0 saturated carbocycles. The third-order valence-electron chi connectivity index (χ3n) is 2.87. The van der Waals surface area contributed by atoms with Gasteiger partial charge >= 0.3 is 6.03 Å². The molecule has 1 fully saturated rings. The van der Waals surface area contributed by atoms with Crippen molar-refractivity contribution in [2.24, 2.45) is 0 Å². The van der Waals surface area contributed by atoms with E-state index in [1.54, 1.807) is 12.0 Å². The Morgan fingerprint density at radius 2 is 2.17 bits per heavy atom. The summed E-state index contributed by atoms with van der Waals surface area (Å²) in [7, 11) is 1.69. The van der Waals surface area contributed by atoms with Crippen molar-refractivity contribution in [3.63, 3.8) is 0 Å². The highest BCUT2D eigenvalue weighted by molar-refractivity contribution is 5.94. The largest absolute Gasteiger partial charge is 0.383 e. The van der Waals surface area contributed by atoms with Crippen LogP contribution in [0.5, 0.6) is 0 Å². The lowest BCUT2D eigenvalue weighted by molar-refractivity contribution is 0.190. The molecule has 0 aliphatic carbocycles. The van der Waals surface area contributed by atoms with Crippen LogP contribution in [0.2, 0.25) is 0 Å². The monoisotopic (exact) mass is 249 g/mol. The number of hydrogen-bond acceptors (Lipinski definition) is 3. The van der Waals surface area contributed by atoms with E-state index in [-0.39, 0.29) is 12.1 Å². The molecule has 1 unspecified atom stereocenters. The van der Waals surface area contributed by atoms with Crippen molar-refractivity contribution in [1.82, 2.24) is 5.32 Å². The van der Waals surface area contributed by atoms with Gasteiger partial charge in [-0.05, 0) is 31.2 Å². The van der Waals surface area contributed by atoms with Crippen molar-refractivity contribution in [2.45, 2.75) is 13.0 Å². The zero-order valence-corrected chi connectivity index (χ0v) is 10.8. The van der Waals surface area contributed by atoms with E-state index in [0.717, 1.165) is 17.9 Å².